The summed E-state index contributed by atoms with van der Waals surface area (Å²) in [6.45, 7) is 1.50. The third-order valence-corrected chi connectivity index (χ3v) is 4.66. The number of hydrogen-bond donors (Lipinski definition) is 2. The molecular formula is C16H16N2O4S2. The van der Waals surface area contributed by atoms with E-state index in [9.17, 15) is 14.4 Å². The Balaban J connectivity index is 1.96. The molecule has 1 aliphatic heterocycles. The molecule has 2 N–H and O–H groups in total. The van der Waals surface area contributed by atoms with E-state index >= 15 is 0 Å². The van der Waals surface area contributed by atoms with Gasteiger partial charge in [-0.3, -0.25) is 19.3 Å². The van der Waals surface area contributed by atoms with Crippen LogP contribution < -0.4 is 5.32 Å². The summed E-state index contributed by atoms with van der Waals surface area (Å²) < 4.78 is 0.390. The summed E-state index contributed by atoms with van der Waals surface area (Å²) in [5.41, 5.74) is 0.894. The molecule has 0 spiro atoms. The zero-order chi connectivity index (χ0) is 17.7. The number of aliphatic carboxylic acids is 1. The zero-order valence-corrected chi connectivity index (χ0v) is 14.5. The van der Waals surface area contributed by atoms with Crippen molar-refractivity contribution in [1.82, 2.24) is 10.2 Å². The maximum Gasteiger partial charge on any atom is 0.325 e. The van der Waals surface area contributed by atoms with Crippen molar-refractivity contribution in [3.63, 3.8) is 0 Å². The minimum absolute atomic E-state index is 0.0112. The van der Waals surface area contributed by atoms with Crippen LogP contribution in [0.15, 0.2) is 35.2 Å². The summed E-state index contributed by atoms with van der Waals surface area (Å²) in [6, 6.07) is 8.43. The lowest BCUT2D eigenvalue weighted by Gasteiger charge is -2.15. The van der Waals surface area contributed by atoms with Crippen molar-refractivity contribution >= 4 is 52.2 Å². The topological polar surface area (TPSA) is 86.7 Å². The van der Waals surface area contributed by atoms with Crippen LogP contribution in [0.4, 0.5) is 0 Å². The van der Waals surface area contributed by atoms with Gasteiger partial charge in [0.15, 0.2) is 0 Å². The molecule has 24 heavy (non-hydrogen) atoms. The Morgan fingerprint density at radius 3 is 2.67 bits per heavy atom. The molecule has 126 valence electrons. The Morgan fingerprint density at radius 2 is 2.04 bits per heavy atom. The number of carboxylic acids is 1. The predicted octanol–water partition coefficient (Wildman–Crippen LogP) is 1.87. The average Bonchev–Trinajstić information content (AvgIpc) is 2.80. The van der Waals surface area contributed by atoms with Crippen molar-refractivity contribution in [1.29, 1.82) is 0 Å². The van der Waals surface area contributed by atoms with Gasteiger partial charge in [0.2, 0.25) is 5.91 Å². The molecule has 1 fully saturated rings. The van der Waals surface area contributed by atoms with Gasteiger partial charge in [-0.1, -0.05) is 54.3 Å². The Labute approximate surface area is 148 Å². The quantitative estimate of drug-likeness (QED) is 0.592. The third-order valence-electron chi connectivity index (χ3n) is 3.28. The molecule has 1 aromatic rings. The first-order chi connectivity index (χ1) is 11.4. The molecule has 1 atom stereocenters. The molecule has 6 nitrogen and oxygen atoms in total. The fourth-order valence-corrected chi connectivity index (χ4v) is 3.29. The van der Waals surface area contributed by atoms with Gasteiger partial charge >= 0.3 is 5.97 Å². The van der Waals surface area contributed by atoms with Gasteiger partial charge in [-0.2, -0.15) is 0 Å². The van der Waals surface area contributed by atoms with E-state index in [1.807, 2.05) is 30.3 Å². The first-order valence-electron chi connectivity index (χ1n) is 7.21. The second-order valence-corrected chi connectivity index (χ2v) is 6.80. The van der Waals surface area contributed by atoms with Crippen LogP contribution in [0.3, 0.4) is 0 Å². The molecule has 2 amide bonds. The summed E-state index contributed by atoms with van der Waals surface area (Å²) >= 11 is 6.38. The maximum absolute atomic E-state index is 12.4. The lowest BCUT2D eigenvalue weighted by Crippen LogP contribution is -2.40. The molecule has 1 aromatic carbocycles. The standard InChI is InChI=1S/C16H16N2O4S2/c1-10(15(21)22)17-13(19)7-8-18-14(20)12(24-16(18)23)9-11-5-3-2-4-6-11/h2-6,9-10H,7-8H2,1H3,(H,17,19)(H,21,22)/b12-9+/t10-/m1/s1. The van der Waals surface area contributed by atoms with Crippen molar-refractivity contribution in [2.75, 3.05) is 6.54 Å². The van der Waals surface area contributed by atoms with Crippen LogP contribution in [0.25, 0.3) is 6.08 Å². The Hall–Kier alpha value is -2.19. The SMILES string of the molecule is C[C@@H](NC(=O)CCN1C(=O)/C(=C\c2ccccc2)SC1=S)C(=O)O. The van der Waals surface area contributed by atoms with Gasteiger partial charge in [-0.25, -0.2) is 0 Å². The molecule has 0 aromatic heterocycles. The number of amides is 2. The lowest BCUT2D eigenvalue weighted by atomic mass is 10.2. The van der Waals surface area contributed by atoms with E-state index in [0.29, 0.717) is 9.23 Å². The van der Waals surface area contributed by atoms with Gasteiger partial charge in [0.05, 0.1) is 4.91 Å². The van der Waals surface area contributed by atoms with Crippen molar-refractivity contribution in [3.05, 3.63) is 40.8 Å². The molecule has 1 saturated heterocycles. The summed E-state index contributed by atoms with van der Waals surface area (Å²) in [6.07, 6.45) is 1.74. The molecule has 0 saturated carbocycles. The van der Waals surface area contributed by atoms with E-state index in [4.69, 9.17) is 17.3 Å². The number of nitrogens with one attached hydrogen (secondary N) is 1. The van der Waals surface area contributed by atoms with Gasteiger partial charge in [0.1, 0.15) is 10.4 Å². The first kappa shape index (κ1) is 18.2. The van der Waals surface area contributed by atoms with Crippen molar-refractivity contribution in [2.24, 2.45) is 0 Å². The first-order valence-corrected chi connectivity index (χ1v) is 8.43. The van der Waals surface area contributed by atoms with E-state index in [-0.39, 0.29) is 18.9 Å². The highest BCUT2D eigenvalue weighted by atomic mass is 32.2. The molecule has 0 unspecified atom stereocenters. The van der Waals surface area contributed by atoms with E-state index in [1.165, 1.54) is 23.6 Å². The molecule has 0 radical (unpaired) electrons. The summed E-state index contributed by atoms with van der Waals surface area (Å²) in [5.74, 6) is -1.79. The smallest absolute Gasteiger partial charge is 0.325 e. The Morgan fingerprint density at radius 1 is 1.38 bits per heavy atom. The molecule has 1 aliphatic rings. The maximum atomic E-state index is 12.4. The number of hydrogen-bond acceptors (Lipinski definition) is 5. The normalized spacial score (nSPS) is 17.2. The number of thioether (sulfide) groups is 1. The summed E-state index contributed by atoms with van der Waals surface area (Å²) in [5, 5.41) is 11.1. The number of carboxylic acid groups (broad SMARTS) is 1. The number of benzene rings is 1. The average molecular weight is 364 g/mol. The largest absolute Gasteiger partial charge is 0.480 e. The van der Waals surface area contributed by atoms with Gasteiger partial charge in [0, 0.05) is 13.0 Å². The van der Waals surface area contributed by atoms with E-state index in [0.717, 1.165) is 5.56 Å². The highest BCUT2D eigenvalue weighted by Gasteiger charge is 2.32. The molecule has 1 heterocycles. The molecule has 8 heteroatoms. The van der Waals surface area contributed by atoms with Gasteiger partial charge in [-0.05, 0) is 18.6 Å². The number of carbonyl (C=O) groups excluding carboxylic acids is 2. The fraction of sp³-hybridized carbons (Fsp3) is 0.250. The predicted molar refractivity (Wildman–Crippen MR) is 96.2 cm³/mol. The van der Waals surface area contributed by atoms with E-state index < -0.39 is 17.9 Å². The second-order valence-electron chi connectivity index (χ2n) is 5.12. The third kappa shape index (κ3) is 4.65. The van der Waals surface area contributed by atoms with Crippen LogP contribution >= 0.6 is 24.0 Å². The van der Waals surface area contributed by atoms with Crippen LogP contribution in [-0.2, 0) is 14.4 Å². The van der Waals surface area contributed by atoms with E-state index in [1.54, 1.807) is 6.08 Å². The zero-order valence-electron chi connectivity index (χ0n) is 12.9. The van der Waals surface area contributed by atoms with E-state index in [2.05, 4.69) is 5.32 Å². The molecule has 2 rings (SSSR count). The summed E-state index contributed by atoms with van der Waals surface area (Å²) in [4.78, 5) is 36.7. The Kier molecular flexibility index (Phi) is 6.10. The number of rotatable bonds is 6. The molecule has 0 bridgehead atoms. The number of carbonyl (C=O) groups is 3. The minimum atomic E-state index is -1.11. The van der Waals surface area contributed by atoms with Gasteiger partial charge in [0.25, 0.3) is 5.91 Å². The number of thiocarbonyl (C=S) groups is 1. The lowest BCUT2D eigenvalue weighted by molar-refractivity contribution is -0.141. The monoisotopic (exact) mass is 364 g/mol. The van der Waals surface area contributed by atoms with Crippen LogP contribution in [0.2, 0.25) is 0 Å². The van der Waals surface area contributed by atoms with Crippen LogP contribution in [0.1, 0.15) is 18.9 Å². The minimum Gasteiger partial charge on any atom is -0.480 e. The fourth-order valence-electron chi connectivity index (χ4n) is 1.98. The van der Waals surface area contributed by atoms with Crippen LogP contribution in [-0.4, -0.2) is 44.7 Å². The molecule has 0 aliphatic carbocycles. The second kappa shape index (κ2) is 8.07. The highest BCUT2D eigenvalue weighted by molar-refractivity contribution is 8.26. The van der Waals surface area contributed by atoms with Gasteiger partial charge < -0.3 is 10.4 Å². The molecular weight excluding hydrogens is 348 g/mol. The van der Waals surface area contributed by atoms with Crippen LogP contribution in [0.5, 0.6) is 0 Å². The highest BCUT2D eigenvalue weighted by Crippen LogP contribution is 2.32. The van der Waals surface area contributed by atoms with Crippen molar-refractivity contribution < 1.29 is 19.5 Å². The van der Waals surface area contributed by atoms with Gasteiger partial charge in [-0.15, -0.1) is 0 Å². The Bertz CT molecular complexity index is 703. The van der Waals surface area contributed by atoms with Crippen LogP contribution in [0, 0.1) is 0 Å². The van der Waals surface area contributed by atoms with Crippen molar-refractivity contribution in [2.45, 2.75) is 19.4 Å². The van der Waals surface area contributed by atoms with Crippen molar-refractivity contribution in [3.8, 4) is 0 Å². The summed E-state index contributed by atoms with van der Waals surface area (Å²) in [7, 11) is 0. The number of nitrogens with zero attached hydrogens (tertiary/aromatic N) is 1.